The lowest BCUT2D eigenvalue weighted by Crippen LogP contribution is -2.11. The van der Waals surface area contributed by atoms with Gasteiger partial charge in [0.2, 0.25) is 5.82 Å². The van der Waals surface area contributed by atoms with Gasteiger partial charge in [-0.15, -0.1) is 11.3 Å². The van der Waals surface area contributed by atoms with Crippen molar-refractivity contribution in [1.82, 2.24) is 10.3 Å². The number of benzene rings is 2. The fraction of sp³-hybridized carbons (Fsp3) is 0.150. The molecule has 2 heterocycles. The second-order valence-electron chi connectivity index (χ2n) is 6.34. The molecule has 2 aromatic carbocycles. The van der Waals surface area contributed by atoms with Gasteiger partial charge in [-0.05, 0) is 59.6 Å². The second kappa shape index (κ2) is 7.26. The number of aryl methyl sites for hydroxylation is 2. The number of anilines is 1. The average molecular weight is 414 g/mol. The zero-order valence-corrected chi connectivity index (χ0v) is 16.9. The monoisotopic (exact) mass is 413 g/mol. The Balaban J connectivity index is 1.67. The summed E-state index contributed by atoms with van der Waals surface area (Å²) >= 11 is 7.77. The standard InChI is InChI=1S/C20H16ClN3O3S/c1-10-4-6-14-15(8-10)28-18(16(14)21)20(25)22-19-17(23-27-24-19)13-7-5-12(26-3)9-11(13)2/h4-9H,1-3H3,(H,22,24,25). The number of nitrogens with one attached hydrogen (secondary N) is 1. The van der Waals surface area contributed by atoms with E-state index in [4.69, 9.17) is 21.0 Å². The maximum Gasteiger partial charge on any atom is 0.268 e. The maximum absolute atomic E-state index is 12.8. The Hall–Kier alpha value is -2.90. The molecule has 6 nitrogen and oxygen atoms in total. The van der Waals surface area contributed by atoms with Crippen molar-refractivity contribution in [3.05, 3.63) is 57.4 Å². The molecule has 0 atom stereocenters. The molecular weight excluding hydrogens is 398 g/mol. The topological polar surface area (TPSA) is 77.2 Å². The number of methoxy groups -OCH3 is 1. The SMILES string of the molecule is COc1ccc(-c2nonc2NC(=O)c2sc3cc(C)ccc3c2Cl)c(C)c1. The summed E-state index contributed by atoms with van der Waals surface area (Å²) in [5.41, 5.74) is 3.26. The van der Waals surface area contributed by atoms with Gasteiger partial charge >= 0.3 is 0 Å². The van der Waals surface area contributed by atoms with Crippen LogP contribution in [0.1, 0.15) is 20.8 Å². The van der Waals surface area contributed by atoms with Crippen LogP contribution in [0.4, 0.5) is 5.82 Å². The predicted molar refractivity (Wildman–Crippen MR) is 111 cm³/mol. The first-order valence-electron chi connectivity index (χ1n) is 8.45. The van der Waals surface area contributed by atoms with Crippen molar-refractivity contribution in [3.8, 4) is 17.0 Å². The molecule has 142 valence electrons. The molecule has 0 aliphatic carbocycles. The van der Waals surface area contributed by atoms with E-state index in [1.165, 1.54) is 11.3 Å². The number of carbonyl (C=O) groups is 1. The average Bonchev–Trinajstić information content (AvgIpc) is 3.25. The molecule has 1 amide bonds. The maximum atomic E-state index is 12.8. The number of hydrogen-bond acceptors (Lipinski definition) is 6. The largest absolute Gasteiger partial charge is 0.497 e. The third-order valence-electron chi connectivity index (χ3n) is 4.40. The van der Waals surface area contributed by atoms with E-state index < -0.39 is 0 Å². The number of halogens is 1. The summed E-state index contributed by atoms with van der Waals surface area (Å²) in [5, 5.41) is 11.9. The minimum absolute atomic E-state index is 0.239. The van der Waals surface area contributed by atoms with Gasteiger partial charge in [0.25, 0.3) is 5.91 Å². The van der Waals surface area contributed by atoms with Gasteiger partial charge in [-0.2, -0.15) is 0 Å². The highest BCUT2D eigenvalue weighted by molar-refractivity contribution is 7.21. The number of thiophene rings is 1. The van der Waals surface area contributed by atoms with Crippen molar-refractivity contribution in [2.75, 3.05) is 12.4 Å². The summed E-state index contributed by atoms with van der Waals surface area (Å²) in [6.45, 7) is 3.92. The summed E-state index contributed by atoms with van der Waals surface area (Å²) in [7, 11) is 1.61. The van der Waals surface area contributed by atoms with Gasteiger partial charge in [-0.3, -0.25) is 4.79 Å². The van der Waals surface area contributed by atoms with Crippen molar-refractivity contribution in [3.63, 3.8) is 0 Å². The van der Waals surface area contributed by atoms with Crippen molar-refractivity contribution in [2.24, 2.45) is 0 Å². The van der Waals surface area contributed by atoms with Crippen molar-refractivity contribution in [2.45, 2.75) is 13.8 Å². The minimum Gasteiger partial charge on any atom is -0.497 e. The zero-order chi connectivity index (χ0) is 19.8. The highest BCUT2D eigenvalue weighted by Crippen LogP contribution is 2.37. The molecule has 0 saturated carbocycles. The number of amides is 1. The van der Waals surface area contributed by atoms with Crippen LogP contribution < -0.4 is 10.1 Å². The van der Waals surface area contributed by atoms with Crippen LogP contribution in [-0.4, -0.2) is 23.3 Å². The zero-order valence-electron chi connectivity index (χ0n) is 15.4. The van der Waals surface area contributed by atoms with Crippen LogP contribution in [0.2, 0.25) is 5.02 Å². The first kappa shape index (κ1) is 18.5. The van der Waals surface area contributed by atoms with E-state index in [1.54, 1.807) is 7.11 Å². The first-order valence-corrected chi connectivity index (χ1v) is 9.65. The molecular formula is C20H16ClN3O3S. The van der Waals surface area contributed by atoms with E-state index in [-0.39, 0.29) is 11.7 Å². The van der Waals surface area contributed by atoms with Crippen LogP contribution in [0.25, 0.3) is 21.3 Å². The number of ether oxygens (including phenoxy) is 1. The van der Waals surface area contributed by atoms with E-state index in [0.29, 0.717) is 15.6 Å². The molecule has 0 fully saturated rings. The van der Waals surface area contributed by atoms with E-state index in [1.807, 2.05) is 50.2 Å². The smallest absolute Gasteiger partial charge is 0.268 e. The van der Waals surface area contributed by atoms with E-state index >= 15 is 0 Å². The normalized spacial score (nSPS) is 11.0. The van der Waals surface area contributed by atoms with Gasteiger partial charge in [-0.25, -0.2) is 4.63 Å². The van der Waals surface area contributed by atoms with E-state index in [9.17, 15) is 4.79 Å². The van der Waals surface area contributed by atoms with Gasteiger partial charge in [-0.1, -0.05) is 23.7 Å². The molecule has 4 rings (SSSR count). The fourth-order valence-corrected chi connectivity index (χ4v) is 4.47. The van der Waals surface area contributed by atoms with Crippen molar-refractivity contribution in [1.29, 1.82) is 0 Å². The number of nitrogens with zero attached hydrogens (tertiary/aromatic N) is 2. The highest BCUT2D eigenvalue weighted by atomic mass is 35.5. The lowest BCUT2D eigenvalue weighted by Gasteiger charge is -2.07. The molecule has 0 aliphatic rings. The number of rotatable bonds is 4. The summed E-state index contributed by atoms with van der Waals surface area (Å²) < 4.78 is 11.1. The Bertz CT molecular complexity index is 1200. The van der Waals surface area contributed by atoms with Crippen LogP contribution in [0.15, 0.2) is 41.0 Å². The Kier molecular flexibility index (Phi) is 4.78. The van der Waals surface area contributed by atoms with Crippen LogP contribution in [0.3, 0.4) is 0 Å². The second-order valence-corrected chi connectivity index (χ2v) is 7.77. The quantitative estimate of drug-likeness (QED) is 0.479. The predicted octanol–water partition coefficient (Wildman–Crippen LogP) is 5.48. The summed E-state index contributed by atoms with van der Waals surface area (Å²) in [6, 6.07) is 11.4. The molecule has 0 bridgehead atoms. The van der Waals surface area contributed by atoms with Gasteiger partial charge in [0.05, 0.1) is 12.1 Å². The van der Waals surface area contributed by atoms with Crippen molar-refractivity contribution >= 4 is 44.7 Å². The van der Waals surface area contributed by atoms with Crippen LogP contribution in [0.5, 0.6) is 5.75 Å². The van der Waals surface area contributed by atoms with Crippen LogP contribution >= 0.6 is 22.9 Å². The number of aromatic nitrogens is 2. The minimum atomic E-state index is -0.355. The molecule has 2 aromatic heterocycles. The molecule has 0 spiro atoms. The Labute approximate surface area is 170 Å². The molecule has 0 radical (unpaired) electrons. The van der Waals surface area contributed by atoms with Gasteiger partial charge in [0.15, 0.2) is 5.69 Å². The third-order valence-corrected chi connectivity index (χ3v) is 6.06. The molecule has 0 saturated heterocycles. The summed E-state index contributed by atoms with van der Waals surface area (Å²) in [6.07, 6.45) is 0. The molecule has 0 aliphatic heterocycles. The number of carbonyl (C=O) groups excluding carboxylic acids is 1. The molecule has 0 unspecified atom stereocenters. The van der Waals surface area contributed by atoms with Gasteiger partial charge in [0.1, 0.15) is 10.6 Å². The Morgan fingerprint density at radius 3 is 2.75 bits per heavy atom. The first-order chi connectivity index (χ1) is 13.5. The summed E-state index contributed by atoms with van der Waals surface area (Å²) in [5.74, 6) is 0.616. The summed E-state index contributed by atoms with van der Waals surface area (Å²) in [4.78, 5) is 13.3. The molecule has 1 N–H and O–H groups in total. The van der Waals surface area contributed by atoms with Crippen LogP contribution in [-0.2, 0) is 0 Å². The number of hydrogen-bond donors (Lipinski definition) is 1. The number of fused-ring (bicyclic) bond motifs is 1. The Morgan fingerprint density at radius 1 is 1.18 bits per heavy atom. The van der Waals surface area contributed by atoms with Crippen molar-refractivity contribution < 1.29 is 14.2 Å². The highest BCUT2D eigenvalue weighted by Gasteiger charge is 2.22. The van der Waals surface area contributed by atoms with E-state index in [0.717, 1.165) is 32.5 Å². The Morgan fingerprint density at radius 2 is 2.00 bits per heavy atom. The van der Waals surface area contributed by atoms with Gasteiger partial charge < -0.3 is 10.1 Å². The fourth-order valence-electron chi connectivity index (χ4n) is 2.96. The molecule has 8 heteroatoms. The molecule has 28 heavy (non-hydrogen) atoms. The van der Waals surface area contributed by atoms with Gasteiger partial charge in [0, 0.05) is 15.6 Å². The lowest BCUT2D eigenvalue weighted by atomic mass is 10.1. The third kappa shape index (κ3) is 3.23. The van der Waals surface area contributed by atoms with E-state index in [2.05, 4.69) is 15.6 Å². The molecule has 4 aromatic rings. The van der Waals surface area contributed by atoms with Crippen LogP contribution in [0, 0.1) is 13.8 Å². The lowest BCUT2D eigenvalue weighted by molar-refractivity contribution is 0.102.